The number of thioether (sulfide) groups is 1. The molecule has 0 bridgehead atoms. The zero-order valence-electron chi connectivity index (χ0n) is 23.1. The lowest BCUT2D eigenvalue weighted by Crippen LogP contribution is -2.58. The zero-order valence-corrected chi connectivity index (χ0v) is 24.7. The van der Waals surface area contributed by atoms with Crippen molar-refractivity contribution in [2.75, 3.05) is 7.11 Å². The third kappa shape index (κ3) is 6.84. The van der Waals surface area contributed by atoms with Gasteiger partial charge in [-0.1, -0.05) is 63.5 Å². The van der Waals surface area contributed by atoms with Crippen LogP contribution in [-0.2, 0) is 16.8 Å². The fourth-order valence-electron chi connectivity index (χ4n) is 4.65. The molecule has 3 atom stereocenters. The van der Waals surface area contributed by atoms with Gasteiger partial charge in [-0.05, 0) is 71.2 Å². The first-order valence-corrected chi connectivity index (χ1v) is 14.7. The minimum atomic E-state index is -0.773. The number of dihydropyridines is 1. The van der Waals surface area contributed by atoms with Crippen molar-refractivity contribution < 1.29 is 15.3 Å². The second kappa shape index (κ2) is 13.7. The van der Waals surface area contributed by atoms with Gasteiger partial charge in [0.05, 0.1) is 7.11 Å². The molecule has 1 amide bonds. The molecule has 1 fully saturated rings. The minimum absolute atomic E-state index is 0. The van der Waals surface area contributed by atoms with E-state index in [9.17, 15) is 9.18 Å². The molecule has 39 heavy (non-hydrogen) atoms. The summed E-state index contributed by atoms with van der Waals surface area (Å²) in [6.45, 7) is 18.1. The summed E-state index contributed by atoms with van der Waals surface area (Å²) in [6, 6.07) is 6.97. The molecule has 2 aliphatic rings. The van der Waals surface area contributed by atoms with Crippen molar-refractivity contribution in [3.63, 3.8) is 0 Å². The normalized spacial score (nSPS) is 22.6. The lowest BCUT2D eigenvalue weighted by molar-refractivity contribution is -0.122. The summed E-state index contributed by atoms with van der Waals surface area (Å²) in [4.78, 5) is 14.5. The maximum atomic E-state index is 14.3. The summed E-state index contributed by atoms with van der Waals surface area (Å²) in [5.41, 5.74) is 3.67. The van der Waals surface area contributed by atoms with Crippen molar-refractivity contribution in [1.29, 1.82) is 0 Å². The summed E-state index contributed by atoms with van der Waals surface area (Å²) in [5.74, 6) is -0.263. The number of hydrogen-bond acceptors (Lipinski definition) is 5. The molecule has 0 spiro atoms. The maximum Gasteiger partial charge on any atom is 0.238 e. The predicted molar refractivity (Wildman–Crippen MR) is 167 cm³/mol. The Kier molecular flexibility index (Phi) is 10.6. The van der Waals surface area contributed by atoms with E-state index in [2.05, 4.69) is 35.8 Å². The summed E-state index contributed by atoms with van der Waals surface area (Å²) in [5, 5.41) is 10.6. The number of ether oxygens (including phenoxy) is 1. The Balaban J connectivity index is 0.00000183. The molecule has 2 aliphatic heterocycles. The Bertz CT molecular complexity index is 1300. The van der Waals surface area contributed by atoms with Crippen molar-refractivity contribution in [2.24, 2.45) is 0 Å². The molecule has 1 aromatic heterocycles. The lowest BCUT2D eigenvalue weighted by Gasteiger charge is -2.45. The quantitative estimate of drug-likeness (QED) is 0.240. The van der Waals surface area contributed by atoms with Crippen LogP contribution in [0.15, 0.2) is 107 Å². The highest BCUT2D eigenvalue weighted by atomic mass is 32.2. The van der Waals surface area contributed by atoms with E-state index in [1.165, 1.54) is 24.9 Å². The average Bonchev–Trinajstić information content (AvgIpc) is 3.47. The van der Waals surface area contributed by atoms with Crippen LogP contribution in [0.3, 0.4) is 0 Å². The number of methoxy groups -OCH3 is 1. The molecule has 208 valence electrons. The number of thiophene rings is 1. The zero-order chi connectivity index (χ0) is 28.6. The highest BCUT2D eigenvalue weighted by Gasteiger charge is 2.46. The van der Waals surface area contributed by atoms with Gasteiger partial charge in [0.15, 0.2) is 11.6 Å². The van der Waals surface area contributed by atoms with E-state index in [0.29, 0.717) is 12.8 Å². The van der Waals surface area contributed by atoms with Crippen LogP contribution in [0.25, 0.3) is 0 Å². The summed E-state index contributed by atoms with van der Waals surface area (Å²) in [7, 11) is 1.45. The van der Waals surface area contributed by atoms with E-state index in [-0.39, 0.29) is 24.9 Å². The van der Waals surface area contributed by atoms with Crippen LogP contribution in [0.2, 0.25) is 0 Å². The fraction of sp³-hybridized carbons (Fsp3) is 0.281. The number of carbonyl (C=O) groups is 1. The molecule has 2 N–H and O–H groups in total. The molecule has 4 nitrogen and oxygen atoms in total. The Morgan fingerprint density at radius 3 is 2.72 bits per heavy atom. The van der Waals surface area contributed by atoms with Crippen LogP contribution in [-0.4, -0.2) is 24.3 Å². The van der Waals surface area contributed by atoms with Crippen LogP contribution in [0, 0.1) is 5.82 Å². The van der Waals surface area contributed by atoms with Crippen LogP contribution >= 0.6 is 23.1 Å². The van der Waals surface area contributed by atoms with E-state index in [1.54, 1.807) is 23.5 Å². The smallest absolute Gasteiger partial charge is 0.238 e. The van der Waals surface area contributed by atoms with E-state index >= 15 is 0 Å². The Morgan fingerprint density at radius 2 is 2.13 bits per heavy atom. The first-order chi connectivity index (χ1) is 18.8. The number of allylic oxidation sites excluding steroid dienone is 5. The molecule has 0 aliphatic carbocycles. The topological polar surface area (TPSA) is 50.4 Å². The maximum absolute atomic E-state index is 14.3. The summed E-state index contributed by atoms with van der Waals surface area (Å²) < 4.78 is 19.3. The van der Waals surface area contributed by atoms with Gasteiger partial charge >= 0.3 is 0 Å². The molecule has 4 rings (SSSR count). The molecular formula is C32H39FN2O2S2. The van der Waals surface area contributed by atoms with Gasteiger partial charge in [0.2, 0.25) is 5.91 Å². The number of rotatable bonds is 9. The van der Waals surface area contributed by atoms with Gasteiger partial charge in [-0.25, -0.2) is 4.39 Å². The molecular weight excluding hydrogens is 527 g/mol. The molecule has 1 aromatic carbocycles. The highest BCUT2D eigenvalue weighted by Crippen LogP contribution is 2.44. The highest BCUT2D eigenvalue weighted by molar-refractivity contribution is 8.04. The van der Waals surface area contributed by atoms with Gasteiger partial charge in [0, 0.05) is 24.5 Å². The Hall–Kier alpha value is -3.29. The molecule has 7 heteroatoms. The number of hydrogen-bond donors (Lipinski definition) is 2. The van der Waals surface area contributed by atoms with Gasteiger partial charge in [-0.15, -0.1) is 11.8 Å². The van der Waals surface area contributed by atoms with Crippen molar-refractivity contribution in [3.8, 4) is 5.75 Å². The van der Waals surface area contributed by atoms with Gasteiger partial charge in [0.1, 0.15) is 10.8 Å². The second-order valence-electron chi connectivity index (χ2n) is 9.18. The molecule has 3 heterocycles. The van der Waals surface area contributed by atoms with Crippen molar-refractivity contribution >= 4 is 29.0 Å². The average molecular weight is 567 g/mol. The number of halogens is 1. The number of benzene rings is 1. The number of nitrogens with one attached hydrogen (secondary N) is 2. The first-order valence-electron chi connectivity index (χ1n) is 12.9. The lowest BCUT2D eigenvalue weighted by atomic mass is 9.77. The van der Waals surface area contributed by atoms with E-state index in [0.717, 1.165) is 32.9 Å². The monoisotopic (exact) mass is 566 g/mol. The van der Waals surface area contributed by atoms with Crippen LogP contribution in [0.5, 0.6) is 5.75 Å². The molecule has 0 radical (unpaired) electrons. The number of piperidine rings is 1. The predicted octanol–water partition coefficient (Wildman–Crippen LogP) is 7.84. The fourth-order valence-corrected chi connectivity index (χ4v) is 6.42. The van der Waals surface area contributed by atoms with Crippen molar-refractivity contribution in [2.45, 2.75) is 50.4 Å². The summed E-state index contributed by atoms with van der Waals surface area (Å²) >= 11 is 3.03. The minimum Gasteiger partial charge on any atom is -0.494 e. The van der Waals surface area contributed by atoms with E-state index < -0.39 is 10.8 Å². The largest absolute Gasteiger partial charge is 0.494 e. The third-order valence-corrected chi connectivity index (χ3v) is 8.67. The first kappa shape index (κ1) is 30.3. The molecule has 1 saturated heterocycles. The van der Waals surface area contributed by atoms with E-state index in [4.69, 9.17) is 4.74 Å². The summed E-state index contributed by atoms with van der Waals surface area (Å²) in [6.07, 6.45) is 10.7. The van der Waals surface area contributed by atoms with Gasteiger partial charge in [0.25, 0.3) is 0 Å². The Labute approximate surface area is 241 Å². The third-order valence-electron chi connectivity index (χ3n) is 6.47. The molecule has 2 aromatic rings. The van der Waals surface area contributed by atoms with Crippen molar-refractivity contribution in [1.82, 2.24) is 10.6 Å². The molecule has 0 saturated carbocycles. The molecule has 3 unspecified atom stereocenters. The van der Waals surface area contributed by atoms with Gasteiger partial charge in [-0.2, -0.15) is 11.3 Å². The van der Waals surface area contributed by atoms with Crippen LogP contribution < -0.4 is 15.4 Å². The number of carbonyl (C=O) groups excluding carboxylic acids is 1. The number of amides is 1. The standard InChI is InChI=1S/C30H31FN2O2S2.C2H6.H2/c1-6-8-26(19(2)3)37-28-20(4)17-30(33-29(28)34,22-13-14-36-18-22)27-10-7-9-23(32-27)15-21-11-12-25(35-5)24(31)16-21;1-2;/h6-14,16,18,23,28,32H,1-2,4,15,17H2,3,5H3,(H,33,34);1-2H3;1H/b26-8+;;. The van der Waals surface area contributed by atoms with Crippen LogP contribution in [0.1, 0.15) is 39.7 Å². The van der Waals surface area contributed by atoms with E-state index in [1.807, 2.05) is 62.6 Å². The SMILES string of the molecule is C=C/C=C(/SC1C(=C)CC(C2=CC=CC(Cc3ccc(OC)c(F)c3)N2)(c2ccsc2)NC1=O)C(=C)C.CC.[HH]. The Morgan fingerprint density at radius 1 is 1.36 bits per heavy atom. The van der Waals surface area contributed by atoms with Gasteiger partial charge in [-0.3, -0.25) is 4.79 Å². The van der Waals surface area contributed by atoms with Crippen LogP contribution in [0.4, 0.5) is 4.39 Å². The second-order valence-corrected chi connectivity index (χ2v) is 11.1. The van der Waals surface area contributed by atoms with Crippen molar-refractivity contribution in [3.05, 3.63) is 124 Å². The van der Waals surface area contributed by atoms with Gasteiger partial charge < -0.3 is 15.4 Å².